The lowest BCUT2D eigenvalue weighted by Crippen LogP contribution is -2.26. The average Bonchev–Trinajstić information content (AvgIpc) is 2.51. The minimum absolute atomic E-state index is 0.274. The van der Waals surface area contributed by atoms with E-state index in [1.807, 2.05) is 44.7 Å². The molecule has 0 aliphatic heterocycles. The molecule has 0 spiro atoms. The smallest absolute Gasteiger partial charge is 0.274 e. The third kappa shape index (κ3) is 4.20. The van der Waals surface area contributed by atoms with E-state index in [0.717, 1.165) is 24.3 Å². The first kappa shape index (κ1) is 17.2. The quantitative estimate of drug-likeness (QED) is 0.903. The fourth-order valence-corrected chi connectivity index (χ4v) is 2.36. The minimum atomic E-state index is -0.274. The van der Waals surface area contributed by atoms with E-state index in [0.29, 0.717) is 22.4 Å². The number of halogens is 1. The van der Waals surface area contributed by atoms with Crippen LogP contribution in [0.5, 0.6) is 0 Å². The summed E-state index contributed by atoms with van der Waals surface area (Å²) in [5.41, 5.74) is 2.71. The molecule has 0 bridgehead atoms. The van der Waals surface area contributed by atoms with Gasteiger partial charge in [0.2, 0.25) is 5.95 Å². The fourth-order valence-electron chi connectivity index (χ4n) is 2.18. The van der Waals surface area contributed by atoms with Gasteiger partial charge in [0.1, 0.15) is 5.69 Å². The highest BCUT2D eigenvalue weighted by Crippen LogP contribution is 2.20. The third-order valence-corrected chi connectivity index (χ3v) is 3.96. The summed E-state index contributed by atoms with van der Waals surface area (Å²) in [6.45, 7) is 9.40. The maximum Gasteiger partial charge on any atom is 0.274 e. The number of carbonyl (C=O) groups is 1. The van der Waals surface area contributed by atoms with Crippen LogP contribution in [0.4, 0.5) is 11.6 Å². The second-order valence-corrected chi connectivity index (χ2v) is 5.69. The highest BCUT2D eigenvalue weighted by molar-refractivity contribution is 6.31. The molecule has 0 atom stereocenters. The van der Waals surface area contributed by atoms with Crippen LogP contribution in [-0.2, 0) is 0 Å². The van der Waals surface area contributed by atoms with E-state index in [9.17, 15) is 4.79 Å². The van der Waals surface area contributed by atoms with Crippen molar-refractivity contribution in [3.63, 3.8) is 0 Å². The number of anilines is 2. The van der Waals surface area contributed by atoms with Crippen LogP contribution in [0.1, 0.15) is 35.6 Å². The maximum atomic E-state index is 12.5. The molecule has 5 nitrogen and oxygen atoms in total. The number of aryl methyl sites for hydroxylation is 2. The van der Waals surface area contributed by atoms with Gasteiger partial charge in [-0.3, -0.25) is 4.79 Å². The molecule has 2 rings (SSSR count). The standard InChI is InChI=1S/C17H21ClN4O/c1-5-22(6-2)17-19-12(4)9-15(21-17)16(23)20-13-8-7-11(3)14(18)10-13/h7-10H,5-6H2,1-4H3,(H,20,23). The van der Waals surface area contributed by atoms with E-state index in [1.165, 1.54) is 0 Å². The normalized spacial score (nSPS) is 10.5. The van der Waals surface area contributed by atoms with Crippen molar-refractivity contribution in [1.82, 2.24) is 9.97 Å². The molecule has 1 heterocycles. The molecule has 0 aliphatic carbocycles. The van der Waals surface area contributed by atoms with E-state index in [2.05, 4.69) is 15.3 Å². The Morgan fingerprint density at radius 1 is 1.17 bits per heavy atom. The number of nitrogens with one attached hydrogen (secondary N) is 1. The summed E-state index contributed by atoms with van der Waals surface area (Å²) in [5, 5.41) is 3.44. The Hall–Kier alpha value is -2.14. The van der Waals surface area contributed by atoms with Crippen molar-refractivity contribution < 1.29 is 4.79 Å². The van der Waals surface area contributed by atoms with Crippen LogP contribution in [-0.4, -0.2) is 29.0 Å². The first-order chi connectivity index (χ1) is 10.9. The molecule has 0 aliphatic rings. The molecular weight excluding hydrogens is 312 g/mol. The molecule has 1 amide bonds. The molecule has 1 N–H and O–H groups in total. The monoisotopic (exact) mass is 332 g/mol. The summed E-state index contributed by atoms with van der Waals surface area (Å²) >= 11 is 6.09. The molecule has 0 saturated heterocycles. The zero-order chi connectivity index (χ0) is 17.0. The third-order valence-electron chi connectivity index (χ3n) is 3.55. The van der Waals surface area contributed by atoms with Gasteiger partial charge in [-0.1, -0.05) is 17.7 Å². The fraction of sp³-hybridized carbons (Fsp3) is 0.353. The second-order valence-electron chi connectivity index (χ2n) is 5.28. The van der Waals surface area contributed by atoms with Gasteiger partial charge in [0.25, 0.3) is 5.91 Å². The Bertz CT molecular complexity index is 714. The lowest BCUT2D eigenvalue weighted by molar-refractivity contribution is 0.102. The van der Waals surface area contributed by atoms with Crippen LogP contribution in [0.15, 0.2) is 24.3 Å². The number of carbonyl (C=O) groups excluding carboxylic acids is 1. The zero-order valence-corrected chi connectivity index (χ0v) is 14.6. The lowest BCUT2D eigenvalue weighted by atomic mass is 10.2. The van der Waals surface area contributed by atoms with Crippen molar-refractivity contribution in [3.8, 4) is 0 Å². The molecule has 0 radical (unpaired) electrons. The summed E-state index contributed by atoms with van der Waals surface area (Å²) in [6.07, 6.45) is 0. The summed E-state index contributed by atoms with van der Waals surface area (Å²) in [7, 11) is 0. The summed E-state index contributed by atoms with van der Waals surface area (Å²) < 4.78 is 0. The van der Waals surface area contributed by atoms with Gasteiger partial charge < -0.3 is 10.2 Å². The van der Waals surface area contributed by atoms with Crippen LogP contribution in [0.25, 0.3) is 0 Å². The van der Waals surface area contributed by atoms with Gasteiger partial charge in [-0.15, -0.1) is 0 Å². The average molecular weight is 333 g/mol. The number of nitrogens with zero attached hydrogens (tertiary/aromatic N) is 3. The zero-order valence-electron chi connectivity index (χ0n) is 13.9. The van der Waals surface area contributed by atoms with E-state index >= 15 is 0 Å². The number of hydrogen-bond acceptors (Lipinski definition) is 4. The Morgan fingerprint density at radius 2 is 1.87 bits per heavy atom. The van der Waals surface area contributed by atoms with Gasteiger partial charge in [0.15, 0.2) is 0 Å². The van der Waals surface area contributed by atoms with Crippen molar-refractivity contribution in [2.45, 2.75) is 27.7 Å². The Balaban J connectivity index is 2.26. The van der Waals surface area contributed by atoms with Crippen molar-refractivity contribution in [3.05, 3.63) is 46.2 Å². The molecule has 122 valence electrons. The topological polar surface area (TPSA) is 58.1 Å². The Labute approximate surface area is 141 Å². The van der Waals surface area contributed by atoms with Crippen molar-refractivity contribution in [1.29, 1.82) is 0 Å². The second kappa shape index (κ2) is 7.42. The molecule has 0 unspecified atom stereocenters. The lowest BCUT2D eigenvalue weighted by Gasteiger charge is -2.19. The van der Waals surface area contributed by atoms with Gasteiger partial charge >= 0.3 is 0 Å². The molecular formula is C17H21ClN4O. The molecule has 0 fully saturated rings. The molecule has 1 aromatic heterocycles. The summed E-state index contributed by atoms with van der Waals surface area (Å²) in [5.74, 6) is 0.297. The van der Waals surface area contributed by atoms with Gasteiger partial charge in [0, 0.05) is 29.5 Å². The Morgan fingerprint density at radius 3 is 2.48 bits per heavy atom. The largest absolute Gasteiger partial charge is 0.341 e. The van der Waals surface area contributed by atoms with E-state index in [1.54, 1.807) is 12.1 Å². The summed E-state index contributed by atoms with van der Waals surface area (Å²) in [6, 6.07) is 7.09. The predicted molar refractivity (Wildman–Crippen MR) is 94.5 cm³/mol. The molecule has 0 saturated carbocycles. The molecule has 1 aromatic carbocycles. The van der Waals surface area contributed by atoms with Gasteiger partial charge in [-0.2, -0.15) is 0 Å². The summed E-state index contributed by atoms with van der Waals surface area (Å²) in [4.78, 5) is 23.2. The van der Waals surface area contributed by atoms with Crippen LogP contribution in [0.2, 0.25) is 5.02 Å². The van der Waals surface area contributed by atoms with E-state index < -0.39 is 0 Å². The molecule has 2 aromatic rings. The van der Waals surface area contributed by atoms with Gasteiger partial charge in [-0.05, 0) is 51.5 Å². The maximum absolute atomic E-state index is 12.5. The number of amides is 1. The number of rotatable bonds is 5. The van der Waals surface area contributed by atoms with Crippen LogP contribution in [0, 0.1) is 13.8 Å². The van der Waals surface area contributed by atoms with Gasteiger partial charge in [0.05, 0.1) is 0 Å². The van der Waals surface area contributed by atoms with Crippen LogP contribution < -0.4 is 10.2 Å². The van der Waals surface area contributed by atoms with Gasteiger partial charge in [-0.25, -0.2) is 9.97 Å². The van der Waals surface area contributed by atoms with E-state index in [4.69, 9.17) is 11.6 Å². The van der Waals surface area contributed by atoms with E-state index in [-0.39, 0.29) is 5.91 Å². The first-order valence-electron chi connectivity index (χ1n) is 7.62. The first-order valence-corrected chi connectivity index (χ1v) is 8.00. The predicted octanol–water partition coefficient (Wildman–Crippen LogP) is 3.85. The molecule has 23 heavy (non-hydrogen) atoms. The number of hydrogen-bond donors (Lipinski definition) is 1. The highest BCUT2D eigenvalue weighted by atomic mass is 35.5. The highest BCUT2D eigenvalue weighted by Gasteiger charge is 2.14. The SMILES string of the molecule is CCN(CC)c1nc(C)cc(C(=O)Nc2ccc(C)c(Cl)c2)n1. The van der Waals surface area contributed by atoms with Crippen LogP contribution in [0.3, 0.4) is 0 Å². The minimum Gasteiger partial charge on any atom is -0.341 e. The van der Waals surface area contributed by atoms with Crippen molar-refractivity contribution in [2.75, 3.05) is 23.3 Å². The number of benzene rings is 1. The Kier molecular flexibility index (Phi) is 5.55. The van der Waals surface area contributed by atoms with Crippen molar-refractivity contribution in [2.24, 2.45) is 0 Å². The van der Waals surface area contributed by atoms with Crippen molar-refractivity contribution >= 4 is 29.1 Å². The number of aromatic nitrogens is 2. The van der Waals surface area contributed by atoms with Crippen LogP contribution >= 0.6 is 11.6 Å². The molecule has 6 heteroatoms.